The van der Waals surface area contributed by atoms with Crippen LogP contribution >= 0.6 is 0 Å². The molecule has 0 bridgehead atoms. The SMILES string of the molecule is CCOCOc1ccccc1NC(C)C. The lowest BCUT2D eigenvalue weighted by molar-refractivity contribution is 0.0228. The molecule has 0 aliphatic heterocycles. The first-order valence-corrected chi connectivity index (χ1v) is 5.30. The first-order chi connectivity index (χ1) is 7.24. The molecule has 0 fully saturated rings. The topological polar surface area (TPSA) is 30.5 Å². The summed E-state index contributed by atoms with van der Waals surface area (Å²) in [6, 6.07) is 8.26. The van der Waals surface area contributed by atoms with Crippen molar-refractivity contribution >= 4 is 5.69 Å². The Morgan fingerprint density at radius 1 is 1.27 bits per heavy atom. The molecule has 0 radical (unpaired) electrons. The van der Waals surface area contributed by atoms with Crippen molar-refractivity contribution in [3.05, 3.63) is 24.3 Å². The second kappa shape index (κ2) is 6.30. The third-order valence-electron chi connectivity index (χ3n) is 1.83. The smallest absolute Gasteiger partial charge is 0.189 e. The summed E-state index contributed by atoms with van der Waals surface area (Å²) in [6.45, 7) is 7.10. The van der Waals surface area contributed by atoms with Gasteiger partial charge in [-0.15, -0.1) is 0 Å². The quantitative estimate of drug-likeness (QED) is 0.577. The van der Waals surface area contributed by atoms with Gasteiger partial charge in [-0.1, -0.05) is 12.1 Å². The van der Waals surface area contributed by atoms with E-state index >= 15 is 0 Å². The second-order valence-corrected chi connectivity index (χ2v) is 3.55. The molecule has 3 heteroatoms. The van der Waals surface area contributed by atoms with E-state index in [0.717, 1.165) is 11.4 Å². The van der Waals surface area contributed by atoms with Crippen molar-refractivity contribution < 1.29 is 9.47 Å². The highest BCUT2D eigenvalue weighted by Crippen LogP contribution is 2.24. The Labute approximate surface area is 91.4 Å². The van der Waals surface area contributed by atoms with Crippen molar-refractivity contribution in [2.75, 3.05) is 18.7 Å². The molecule has 1 aromatic carbocycles. The van der Waals surface area contributed by atoms with Gasteiger partial charge in [-0.3, -0.25) is 0 Å². The highest BCUT2D eigenvalue weighted by Gasteiger charge is 2.03. The maximum atomic E-state index is 5.49. The lowest BCUT2D eigenvalue weighted by Crippen LogP contribution is -2.11. The van der Waals surface area contributed by atoms with Crippen LogP contribution in [-0.4, -0.2) is 19.4 Å². The fraction of sp³-hybridized carbons (Fsp3) is 0.500. The molecule has 15 heavy (non-hydrogen) atoms. The number of hydrogen-bond acceptors (Lipinski definition) is 3. The minimum atomic E-state index is 0.299. The Morgan fingerprint density at radius 3 is 2.67 bits per heavy atom. The number of benzene rings is 1. The largest absolute Gasteiger partial charge is 0.465 e. The lowest BCUT2D eigenvalue weighted by atomic mass is 10.2. The van der Waals surface area contributed by atoms with Crippen LogP contribution in [0.5, 0.6) is 5.75 Å². The van der Waals surface area contributed by atoms with Gasteiger partial charge < -0.3 is 14.8 Å². The summed E-state index contributed by atoms with van der Waals surface area (Å²) < 4.78 is 10.6. The van der Waals surface area contributed by atoms with Crippen molar-refractivity contribution in [1.82, 2.24) is 0 Å². The van der Waals surface area contributed by atoms with Gasteiger partial charge >= 0.3 is 0 Å². The molecule has 0 aliphatic carbocycles. The molecule has 1 aromatic rings. The molecular weight excluding hydrogens is 190 g/mol. The molecule has 0 amide bonds. The predicted octanol–water partition coefficient (Wildman–Crippen LogP) is 2.88. The Morgan fingerprint density at radius 2 is 2.00 bits per heavy atom. The normalized spacial score (nSPS) is 10.4. The molecule has 1 rings (SSSR count). The summed E-state index contributed by atoms with van der Waals surface area (Å²) in [5.41, 5.74) is 1.01. The highest BCUT2D eigenvalue weighted by molar-refractivity contribution is 5.56. The first kappa shape index (κ1) is 11.9. The fourth-order valence-corrected chi connectivity index (χ4v) is 1.21. The molecule has 0 aliphatic rings. The van der Waals surface area contributed by atoms with Crippen LogP contribution in [0.3, 0.4) is 0 Å². The molecule has 0 spiro atoms. The minimum absolute atomic E-state index is 0.299. The van der Waals surface area contributed by atoms with Crippen molar-refractivity contribution in [3.8, 4) is 5.75 Å². The maximum Gasteiger partial charge on any atom is 0.189 e. The molecule has 0 aromatic heterocycles. The number of ether oxygens (including phenoxy) is 2. The van der Waals surface area contributed by atoms with Crippen molar-refractivity contribution in [3.63, 3.8) is 0 Å². The summed E-state index contributed by atoms with van der Waals surface area (Å²) >= 11 is 0. The van der Waals surface area contributed by atoms with E-state index in [-0.39, 0.29) is 0 Å². The van der Waals surface area contributed by atoms with Gasteiger partial charge in [0.2, 0.25) is 0 Å². The third kappa shape index (κ3) is 4.21. The third-order valence-corrected chi connectivity index (χ3v) is 1.83. The zero-order valence-corrected chi connectivity index (χ0v) is 9.62. The van der Waals surface area contributed by atoms with Gasteiger partial charge in [-0.2, -0.15) is 0 Å². The van der Waals surface area contributed by atoms with E-state index in [9.17, 15) is 0 Å². The summed E-state index contributed by atoms with van der Waals surface area (Å²) in [6.07, 6.45) is 0. The zero-order valence-electron chi connectivity index (χ0n) is 9.62. The zero-order chi connectivity index (χ0) is 11.1. The summed E-state index contributed by atoms with van der Waals surface area (Å²) in [4.78, 5) is 0. The summed E-state index contributed by atoms with van der Waals surface area (Å²) in [5.74, 6) is 0.833. The van der Waals surface area contributed by atoms with Crippen LogP contribution in [0.1, 0.15) is 20.8 Å². The van der Waals surface area contributed by atoms with Crippen LogP contribution < -0.4 is 10.1 Å². The van der Waals surface area contributed by atoms with E-state index in [1.54, 1.807) is 0 Å². The molecule has 0 unspecified atom stereocenters. The van der Waals surface area contributed by atoms with Gasteiger partial charge in [0.15, 0.2) is 6.79 Å². The van der Waals surface area contributed by atoms with Crippen LogP contribution in [0.2, 0.25) is 0 Å². The van der Waals surface area contributed by atoms with E-state index in [1.807, 2.05) is 31.2 Å². The van der Waals surface area contributed by atoms with Crippen LogP contribution in [0.15, 0.2) is 24.3 Å². The standard InChI is InChI=1S/C12H19NO2/c1-4-14-9-15-12-8-6-5-7-11(12)13-10(2)3/h5-8,10,13H,4,9H2,1-3H3. The van der Waals surface area contributed by atoms with E-state index < -0.39 is 0 Å². The van der Waals surface area contributed by atoms with E-state index in [1.165, 1.54) is 0 Å². The Kier molecular flexibility index (Phi) is 4.98. The van der Waals surface area contributed by atoms with E-state index in [4.69, 9.17) is 9.47 Å². The van der Waals surface area contributed by atoms with E-state index in [2.05, 4.69) is 19.2 Å². The number of hydrogen-bond donors (Lipinski definition) is 1. The van der Waals surface area contributed by atoms with Crippen molar-refractivity contribution in [1.29, 1.82) is 0 Å². The Hall–Kier alpha value is -1.22. The number of nitrogens with one attached hydrogen (secondary N) is 1. The first-order valence-electron chi connectivity index (χ1n) is 5.30. The van der Waals surface area contributed by atoms with Gasteiger partial charge in [-0.05, 0) is 32.9 Å². The molecule has 0 atom stereocenters. The van der Waals surface area contributed by atoms with Crippen LogP contribution in [0, 0.1) is 0 Å². The van der Waals surface area contributed by atoms with E-state index in [0.29, 0.717) is 19.4 Å². The summed E-state index contributed by atoms with van der Waals surface area (Å²) in [5, 5.41) is 3.32. The van der Waals surface area contributed by atoms with Gasteiger partial charge in [0.25, 0.3) is 0 Å². The monoisotopic (exact) mass is 209 g/mol. The van der Waals surface area contributed by atoms with Gasteiger partial charge in [0.05, 0.1) is 5.69 Å². The van der Waals surface area contributed by atoms with Crippen molar-refractivity contribution in [2.24, 2.45) is 0 Å². The van der Waals surface area contributed by atoms with Crippen LogP contribution in [0.4, 0.5) is 5.69 Å². The summed E-state index contributed by atoms with van der Waals surface area (Å²) in [7, 11) is 0. The Balaban J connectivity index is 2.60. The predicted molar refractivity (Wildman–Crippen MR) is 62.3 cm³/mol. The number of rotatable bonds is 6. The number of anilines is 1. The highest BCUT2D eigenvalue weighted by atomic mass is 16.7. The molecule has 84 valence electrons. The maximum absolute atomic E-state index is 5.49. The van der Waals surface area contributed by atoms with Crippen LogP contribution in [0.25, 0.3) is 0 Å². The molecular formula is C12H19NO2. The van der Waals surface area contributed by atoms with Gasteiger partial charge in [0.1, 0.15) is 5.75 Å². The van der Waals surface area contributed by atoms with Gasteiger partial charge in [0, 0.05) is 12.6 Å². The Bertz CT molecular complexity index is 287. The molecule has 0 heterocycles. The van der Waals surface area contributed by atoms with Crippen LogP contribution in [-0.2, 0) is 4.74 Å². The molecule has 0 saturated carbocycles. The number of para-hydroxylation sites is 2. The average Bonchev–Trinajstić information content (AvgIpc) is 2.20. The van der Waals surface area contributed by atoms with Crippen molar-refractivity contribution in [2.45, 2.75) is 26.8 Å². The molecule has 3 nitrogen and oxygen atoms in total. The second-order valence-electron chi connectivity index (χ2n) is 3.55. The lowest BCUT2D eigenvalue weighted by Gasteiger charge is -2.15. The van der Waals surface area contributed by atoms with Gasteiger partial charge in [-0.25, -0.2) is 0 Å². The fourth-order valence-electron chi connectivity index (χ4n) is 1.21. The minimum Gasteiger partial charge on any atom is -0.465 e. The molecule has 1 N–H and O–H groups in total. The average molecular weight is 209 g/mol. The molecule has 0 saturated heterocycles.